The first kappa shape index (κ1) is 13.3. The van der Waals surface area contributed by atoms with E-state index in [0.29, 0.717) is 0 Å². The lowest BCUT2D eigenvalue weighted by Crippen LogP contribution is -2.08. The zero-order valence-corrected chi connectivity index (χ0v) is 11.9. The van der Waals surface area contributed by atoms with E-state index in [9.17, 15) is 4.79 Å². The predicted molar refractivity (Wildman–Crippen MR) is 81.3 cm³/mol. The second-order valence-electron chi connectivity index (χ2n) is 5.11. The maximum Gasteiger partial charge on any atom is 0.184 e. The number of rotatable bonds is 2. The topological polar surface area (TPSA) is 20.3 Å². The van der Waals surface area contributed by atoms with Crippen molar-refractivity contribution in [1.29, 1.82) is 0 Å². The van der Waals surface area contributed by atoms with Crippen molar-refractivity contribution < 1.29 is 4.79 Å². The summed E-state index contributed by atoms with van der Waals surface area (Å²) in [7, 11) is 4.05. The molecule has 2 rings (SSSR count). The standard InChI is InChI=1S/C17H19NO/c1-12-9-15(10-13(2)17(12)19)11-14-5-7-16(8-6-14)18(3)4/h5-11H,1-4H3. The van der Waals surface area contributed by atoms with Gasteiger partial charge in [-0.1, -0.05) is 12.1 Å². The molecule has 1 aromatic rings. The first-order valence-electron chi connectivity index (χ1n) is 6.38. The number of Topliss-reactive ketones (excluding diaryl/α,β-unsaturated/α-hetero) is 1. The molecule has 1 aromatic carbocycles. The Morgan fingerprint density at radius 1 is 0.947 bits per heavy atom. The molecule has 1 aliphatic rings. The number of nitrogens with zero attached hydrogens (tertiary/aromatic N) is 1. The second kappa shape index (κ2) is 5.27. The lowest BCUT2D eigenvalue weighted by atomic mass is 9.94. The average molecular weight is 253 g/mol. The fourth-order valence-corrected chi connectivity index (χ4v) is 2.13. The molecule has 98 valence electrons. The lowest BCUT2D eigenvalue weighted by molar-refractivity contribution is -0.112. The molecule has 0 aromatic heterocycles. The maximum atomic E-state index is 11.7. The quantitative estimate of drug-likeness (QED) is 0.802. The van der Waals surface area contributed by atoms with E-state index in [1.54, 1.807) is 0 Å². The van der Waals surface area contributed by atoms with Crippen molar-refractivity contribution in [2.24, 2.45) is 0 Å². The molecule has 0 spiro atoms. The van der Waals surface area contributed by atoms with E-state index in [0.717, 1.165) is 22.3 Å². The number of allylic oxidation sites excluding steroid dienone is 5. The third-order valence-corrected chi connectivity index (χ3v) is 3.23. The van der Waals surface area contributed by atoms with Gasteiger partial charge in [0.05, 0.1) is 0 Å². The first-order chi connectivity index (χ1) is 8.97. The Kier molecular flexibility index (Phi) is 3.70. The van der Waals surface area contributed by atoms with Crippen LogP contribution in [0.5, 0.6) is 0 Å². The van der Waals surface area contributed by atoms with Crippen LogP contribution >= 0.6 is 0 Å². The Labute approximate surface area is 114 Å². The third kappa shape index (κ3) is 3.02. The van der Waals surface area contributed by atoms with Gasteiger partial charge < -0.3 is 4.90 Å². The van der Waals surface area contributed by atoms with E-state index in [1.165, 1.54) is 5.69 Å². The monoisotopic (exact) mass is 253 g/mol. The summed E-state index contributed by atoms with van der Waals surface area (Å²) in [6.45, 7) is 3.73. The van der Waals surface area contributed by atoms with Crippen molar-refractivity contribution >= 4 is 17.5 Å². The van der Waals surface area contributed by atoms with Gasteiger partial charge >= 0.3 is 0 Å². The molecular formula is C17H19NO. The molecule has 19 heavy (non-hydrogen) atoms. The highest BCUT2D eigenvalue weighted by atomic mass is 16.1. The van der Waals surface area contributed by atoms with Crippen molar-refractivity contribution in [2.75, 3.05) is 19.0 Å². The van der Waals surface area contributed by atoms with Gasteiger partial charge in [0.2, 0.25) is 0 Å². The van der Waals surface area contributed by atoms with Crippen molar-refractivity contribution in [3.63, 3.8) is 0 Å². The van der Waals surface area contributed by atoms with Gasteiger partial charge in [0, 0.05) is 19.8 Å². The van der Waals surface area contributed by atoms with Crippen LogP contribution in [-0.2, 0) is 4.79 Å². The van der Waals surface area contributed by atoms with Gasteiger partial charge in [0.25, 0.3) is 0 Å². The maximum absolute atomic E-state index is 11.7. The first-order valence-corrected chi connectivity index (χ1v) is 6.38. The Hall–Kier alpha value is -2.09. The predicted octanol–water partition coefficient (Wildman–Crippen LogP) is 3.61. The van der Waals surface area contributed by atoms with E-state index in [-0.39, 0.29) is 5.78 Å². The van der Waals surface area contributed by atoms with Crippen molar-refractivity contribution in [3.05, 3.63) is 58.7 Å². The van der Waals surface area contributed by atoms with E-state index >= 15 is 0 Å². The van der Waals surface area contributed by atoms with E-state index in [4.69, 9.17) is 0 Å². The molecule has 2 nitrogen and oxygen atoms in total. The van der Waals surface area contributed by atoms with Crippen molar-refractivity contribution in [1.82, 2.24) is 0 Å². The summed E-state index contributed by atoms with van der Waals surface area (Å²) in [5.41, 5.74) is 5.00. The largest absolute Gasteiger partial charge is 0.378 e. The molecule has 0 bridgehead atoms. The summed E-state index contributed by atoms with van der Waals surface area (Å²) in [4.78, 5) is 13.7. The van der Waals surface area contributed by atoms with Crippen LogP contribution in [-0.4, -0.2) is 19.9 Å². The number of ketones is 1. The van der Waals surface area contributed by atoms with Crippen LogP contribution in [0.2, 0.25) is 0 Å². The minimum atomic E-state index is 0.139. The number of hydrogen-bond donors (Lipinski definition) is 0. The average Bonchev–Trinajstić information content (AvgIpc) is 2.36. The van der Waals surface area contributed by atoms with Crippen LogP contribution in [0.3, 0.4) is 0 Å². The highest BCUT2D eigenvalue weighted by molar-refractivity contribution is 6.09. The van der Waals surface area contributed by atoms with Crippen molar-refractivity contribution in [3.8, 4) is 0 Å². The number of benzene rings is 1. The smallest absolute Gasteiger partial charge is 0.184 e. The van der Waals surface area contributed by atoms with Crippen molar-refractivity contribution in [2.45, 2.75) is 13.8 Å². The number of hydrogen-bond acceptors (Lipinski definition) is 2. The zero-order chi connectivity index (χ0) is 14.0. The van der Waals surface area contributed by atoms with Crippen LogP contribution in [0.1, 0.15) is 19.4 Å². The Bertz CT molecular complexity index is 562. The van der Waals surface area contributed by atoms with Crippen LogP contribution in [0.15, 0.2) is 53.1 Å². The SMILES string of the molecule is CC1=CC(=Cc2ccc(N(C)C)cc2)C=C(C)C1=O. The fourth-order valence-electron chi connectivity index (χ4n) is 2.13. The highest BCUT2D eigenvalue weighted by Gasteiger charge is 2.12. The third-order valence-electron chi connectivity index (χ3n) is 3.23. The normalized spacial score (nSPS) is 14.9. The molecule has 0 unspecified atom stereocenters. The van der Waals surface area contributed by atoms with Crippen LogP contribution in [0, 0.1) is 0 Å². The van der Waals surface area contributed by atoms with E-state index < -0.39 is 0 Å². The van der Waals surface area contributed by atoms with Gasteiger partial charge in [0.1, 0.15) is 0 Å². The van der Waals surface area contributed by atoms with Gasteiger partial charge in [-0.2, -0.15) is 0 Å². The summed E-state index contributed by atoms with van der Waals surface area (Å²) in [5, 5.41) is 0. The molecule has 1 aliphatic carbocycles. The molecule has 0 saturated heterocycles. The molecule has 0 amide bonds. The summed E-state index contributed by atoms with van der Waals surface area (Å²) >= 11 is 0. The summed E-state index contributed by atoms with van der Waals surface area (Å²) in [6, 6.07) is 8.36. The number of carbonyl (C=O) groups excluding carboxylic acids is 1. The molecule has 0 N–H and O–H groups in total. The Balaban J connectivity index is 2.29. The van der Waals surface area contributed by atoms with Gasteiger partial charge in [-0.05, 0) is 66.5 Å². The Morgan fingerprint density at radius 2 is 1.47 bits per heavy atom. The minimum absolute atomic E-state index is 0.139. The minimum Gasteiger partial charge on any atom is -0.378 e. The van der Waals surface area contributed by atoms with Crippen LogP contribution < -0.4 is 4.90 Å². The summed E-state index contributed by atoms with van der Waals surface area (Å²) in [6.07, 6.45) is 5.98. The highest BCUT2D eigenvalue weighted by Crippen LogP contribution is 2.21. The van der Waals surface area contributed by atoms with Gasteiger partial charge in [-0.3, -0.25) is 4.79 Å². The molecule has 0 fully saturated rings. The zero-order valence-electron chi connectivity index (χ0n) is 11.9. The van der Waals surface area contributed by atoms with E-state index in [2.05, 4.69) is 35.2 Å². The fraction of sp³-hybridized carbons (Fsp3) is 0.235. The molecular weight excluding hydrogens is 234 g/mol. The molecule has 2 heteroatoms. The summed E-state index contributed by atoms with van der Waals surface area (Å²) in [5.74, 6) is 0.139. The molecule has 0 aliphatic heterocycles. The lowest BCUT2D eigenvalue weighted by Gasteiger charge is -2.12. The van der Waals surface area contributed by atoms with Crippen LogP contribution in [0.25, 0.3) is 6.08 Å². The molecule has 0 radical (unpaired) electrons. The summed E-state index contributed by atoms with van der Waals surface area (Å²) < 4.78 is 0. The van der Waals surface area contributed by atoms with Gasteiger partial charge in [-0.15, -0.1) is 0 Å². The molecule has 0 atom stereocenters. The molecule has 0 heterocycles. The number of anilines is 1. The number of carbonyl (C=O) groups is 1. The van der Waals surface area contributed by atoms with Gasteiger partial charge in [-0.25, -0.2) is 0 Å². The Morgan fingerprint density at radius 3 is 1.95 bits per heavy atom. The van der Waals surface area contributed by atoms with Gasteiger partial charge in [0.15, 0.2) is 5.78 Å². The van der Waals surface area contributed by atoms with E-state index in [1.807, 2.05) is 40.1 Å². The van der Waals surface area contributed by atoms with Crippen LogP contribution in [0.4, 0.5) is 5.69 Å². The second-order valence-corrected chi connectivity index (χ2v) is 5.11. The molecule has 0 saturated carbocycles.